The molecule has 2 aliphatic rings. The quantitative estimate of drug-likeness (QED) is 0.695. The molecule has 1 unspecified atom stereocenters. The van der Waals surface area contributed by atoms with Gasteiger partial charge in [0.25, 0.3) is 0 Å². The summed E-state index contributed by atoms with van der Waals surface area (Å²) in [5.74, 6) is 0.0145. The molecule has 1 atom stereocenters. The van der Waals surface area contributed by atoms with Crippen molar-refractivity contribution in [2.24, 2.45) is 5.41 Å². The van der Waals surface area contributed by atoms with E-state index in [9.17, 15) is 9.90 Å². The number of piperidine rings is 1. The van der Waals surface area contributed by atoms with Crippen molar-refractivity contribution < 1.29 is 14.6 Å². The maximum Gasteiger partial charge on any atom is 0.238 e. The summed E-state index contributed by atoms with van der Waals surface area (Å²) in [5, 5.41) is 16.0. The molecule has 2 rings (SSSR count). The SMILES string of the molecule is CC1(C)CCCNC1C(=O)NC1(CO)CCOCC1. The number of hydrogen-bond donors (Lipinski definition) is 3. The van der Waals surface area contributed by atoms with Gasteiger partial charge in [-0.25, -0.2) is 0 Å². The fraction of sp³-hybridized carbons (Fsp3) is 0.929. The number of carbonyl (C=O) groups is 1. The van der Waals surface area contributed by atoms with Crippen LogP contribution in [0, 0.1) is 5.41 Å². The average Bonchev–Trinajstić information content (AvgIpc) is 2.39. The van der Waals surface area contributed by atoms with Gasteiger partial charge in [0.15, 0.2) is 0 Å². The zero-order chi connectivity index (χ0) is 13.9. The highest BCUT2D eigenvalue weighted by Gasteiger charge is 2.41. The molecule has 3 N–H and O–H groups in total. The minimum atomic E-state index is -0.495. The van der Waals surface area contributed by atoms with Crippen molar-refractivity contribution in [3.8, 4) is 0 Å². The van der Waals surface area contributed by atoms with Gasteiger partial charge in [-0.3, -0.25) is 4.79 Å². The third-order valence-electron chi connectivity index (χ3n) is 4.53. The van der Waals surface area contributed by atoms with E-state index < -0.39 is 5.54 Å². The van der Waals surface area contributed by atoms with Crippen LogP contribution in [0.25, 0.3) is 0 Å². The standard InChI is InChI=1S/C14H26N2O3/c1-13(2)4-3-7-15-11(13)12(18)16-14(10-17)5-8-19-9-6-14/h11,15,17H,3-10H2,1-2H3,(H,16,18). The van der Waals surface area contributed by atoms with Crippen molar-refractivity contribution in [3.63, 3.8) is 0 Å². The molecule has 5 nitrogen and oxygen atoms in total. The summed E-state index contributed by atoms with van der Waals surface area (Å²) in [7, 11) is 0. The fourth-order valence-corrected chi connectivity index (χ4v) is 3.08. The van der Waals surface area contributed by atoms with Gasteiger partial charge >= 0.3 is 0 Å². The largest absolute Gasteiger partial charge is 0.394 e. The Hall–Kier alpha value is -0.650. The van der Waals surface area contributed by atoms with Crippen molar-refractivity contribution in [3.05, 3.63) is 0 Å². The second-order valence-electron chi connectivity index (χ2n) is 6.52. The molecule has 0 aliphatic carbocycles. The fourth-order valence-electron chi connectivity index (χ4n) is 3.08. The number of ether oxygens (including phenoxy) is 1. The van der Waals surface area contributed by atoms with E-state index in [1.165, 1.54) is 0 Å². The van der Waals surface area contributed by atoms with Gasteiger partial charge in [-0.1, -0.05) is 13.8 Å². The van der Waals surface area contributed by atoms with Crippen LogP contribution in [0.4, 0.5) is 0 Å². The first-order chi connectivity index (χ1) is 8.99. The zero-order valence-electron chi connectivity index (χ0n) is 12.0. The molecule has 0 saturated carbocycles. The van der Waals surface area contributed by atoms with Crippen LogP contribution in [0.5, 0.6) is 0 Å². The predicted molar refractivity (Wildman–Crippen MR) is 72.8 cm³/mol. The third-order valence-corrected chi connectivity index (χ3v) is 4.53. The minimum absolute atomic E-state index is 0.0145. The summed E-state index contributed by atoms with van der Waals surface area (Å²) in [6, 6.07) is -0.174. The first-order valence-electron chi connectivity index (χ1n) is 7.23. The second-order valence-corrected chi connectivity index (χ2v) is 6.52. The minimum Gasteiger partial charge on any atom is -0.394 e. The maximum atomic E-state index is 12.5. The molecule has 2 heterocycles. The molecule has 0 radical (unpaired) electrons. The Labute approximate surface area is 115 Å². The van der Waals surface area contributed by atoms with Crippen molar-refractivity contribution in [2.45, 2.75) is 51.1 Å². The Balaban J connectivity index is 2.02. The van der Waals surface area contributed by atoms with Crippen molar-refractivity contribution >= 4 is 5.91 Å². The van der Waals surface area contributed by atoms with E-state index >= 15 is 0 Å². The lowest BCUT2D eigenvalue weighted by atomic mass is 9.76. The number of aliphatic hydroxyl groups is 1. The van der Waals surface area contributed by atoms with Crippen LogP contribution >= 0.6 is 0 Å². The van der Waals surface area contributed by atoms with Gasteiger partial charge in [0, 0.05) is 13.2 Å². The smallest absolute Gasteiger partial charge is 0.238 e. The van der Waals surface area contributed by atoms with Crippen molar-refractivity contribution in [1.29, 1.82) is 0 Å². The van der Waals surface area contributed by atoms with E-state index in [4.69, 9.17) is 4.74 Å². The molecule has 5 heteroatoms. The summed E-state index contributed by atoms with van der Waals surface area (Å²) in [4.78, 5) is 12.5. The lowest BCUT2D eigenvalue weighted by molar-refractivity contribution is -0.131. The van der Waals surface area contributed by atoms with Gasteiger partial charge in [-0.15, -0.1) is 0 Å². The van der Waals surface area contributed by atoms with Gasteiger partial charge < -0.3 is 20.5 Å². The van der Waals surface area contributed by atoms with Gasteiger partial charge in [-0.05, 0) is 37.6 Å². The van der Waals surface area contributed by atoms with Gasteiger partial charge in [0.2, 0.25) is 5.91 Å². The Morgan fingerprint density at radius 1 is 1.37 bits per heavy atom. The summed E-state index contributed by atoms with van der Waals surface area (Å²) in [6.45, 7) is 6.31. The molecule has 0 aromatic heterocycles. The van der Waals surface area contributed by atoms with E-state index in [-0.39, 0.29) is 24.0 Å². The van der Waals surface area contributed by atoms with E-state index in [2.05, 4.69) is 24.5 Å². The summed E-state index contributed by atoms with van der Waals surface area (Å²) >= 11 is 0. The highest BCUT2D eigenvalue weighted by molar-refractivity contribution is 5.83. The lowest BCUT2D eigenvalue weighted by Gasteiger charge is -2.42. The van der Waals surface area contributed by atoms with Crippen LogP contribution in [0.3, 0.4) is 0 Å². The maximum absolute atomic E-state index is 12.5. The molecule has 0 aromatic carbocycles. The Kier molecular flexibility index (Phi) is 4.48. The van der Waals surface area contributed by atoms with Crippen molar-refractivity contribution in [1.82, 2.24) is 10.6 Å². The Bertz CT molecular complexity index is 325. The summed E-state index contributed by atoms with van der Waals surface area (Å²) in [6.07, 6.45) is 3.52. The second kappa shape index (κ2) is 5.77. The van der Waals surface area contributed by atoms with Crippen LogP contribution in [0.15, 0.2) is 0 Å². The Morgan fingerprint density at radius 2 is 2.05 bits per heavy atom. The van der Waals surface area contributed by atoms with Crippen LogP contribution in [-0.2, 0) is 9.53 Å². The summed E-state index contributed by atoms with van der Waals surface area (Å²) in [5.41, 5.74) is -0.533. The van der Waals surface area contributed by atoms with Crippen LogP contribution in [-0.4, -0.2) is 49.0 Å². The van der Waals surface area contributed by atoms with Gasteiger partial charge in [-0.2, -0.15) is 0 Å². The molecule has 2 fully saturated rings. The molecular weight excluding hydrogens is 244 g/mol. The Morgan fingerprint density at radius 3 is 2.63 bits per heavy atom. The molecule has 1 amide bonds. The molecule has 0 bridgehead atoms. The molecule has 2 aliphatic heterocycles. The third kappa shape index (κ3) is 3.27. The monoisotopic (exact) mass is 270 g/mol. The van der Waals surface area contributed by atoms with Crippen LogP contribution in [0.2, 0.25) is 0 Å². The van der Waals surface area contributed by atoms with Gasteiger partial charge in [0.05, 0.1) is 18.2 Å². The zero-order valence-corrected chi connectivity index (χ0v) is 12.0. The van der Waals surface area contributed by atoms with E-state index in [1.54, 1.807) is 0 Å². The van der Waals surface area contributed by atoms with Crippen LogP contribution in [0.1, 0.15) is 39.5 Å². The van der Waals surface area contributed by atoms with Crippen LogP contribution < -0.4 is 10.6 Å². The normalized spacial score (nSPS) is 29.7. The predicted octanol–water partition coefficient (Wildman–Crippen LogP) is 0.422. The highest BCUT2D eigenvalue weighted by atomic mass is 16.5. The molecule has 0 spiro atoms. The molecule has 19 heavy (non-hydrogen) atoms. The van der Waals surface area contributed by atoms with E-state index in [0.29, 0.717) is 26.1 Å². The topological polar surface area (TPSA) is 70.6 Å². The number of hydrogen-bond acceptors (Lipinski definition) is 4. The molecular formula is C14H26N2O3. The number of nitrogens with one attached hydrogen (secondary N) is 2. The van der Waals surface area contributed by atoms with Gasteiger partial charge in [0.1, 0.15) is 0 Å². The number of aliphatic hydroxyl groups excluding tert-OH is 1. The average molecular weight is 270 g/mol. The van der Waals surface area contributed by atoms with E-state index in [1.807, 2.05) is 0 Å². The molecule has 110 valence electrons. The summed E-state index contributed by atoms with van der Waals surface area (Å²) < 4.78 is 5.32. The number of rotatable bonds is 3. The number of carbonyl (C=O) groups excluding carboxylic acids is 1. The first-order valence-corrected chi connectivity index (χ1v) is 7.23. The highest BCUT2D eigenvalue weighted by Crippen LogP contribution is 2.31. The van der Waals surface area contributed by atoms with Crippen molar-refractivity contribution in [2.75, 3.05) is 26.4 Å². The van der Waals surface area contributed by atoms with E-state index in [0.717, 1.165) is 19.4 Å². The number of amides is 1. The molecule has 0 aromatic rings. The lowest BCUT2D eigenvalue weighted by Crippen LogP contribution is -2.62. The first kappa shape index (κ1) is 14.8. The molecule has 2 saturated heterocycles.